The summed E-state index contributed by atoms with van der Waals surface area (Å²) in [5.74, 6) is 0.936. The van der Waals surface area contributed by atoms with E-state index in [9.17, 15) is 5.11 Å². The van der Waals surface area contributed by atoms with Gasteiger partial charge in [0.05, 0.1) is 12.7 Å². The Bertz CT molecular complexity index is 740. The van der Waals surface area contributed by atoms with Crippen molar-refractivity contribution in [3.05, 3.63) is 65.7 Å². The van der Waals surface area contributed by atoms with Crippen molar-refractivity contribution in [1.82, 2.24) is 4.90 Å². The van der Waals surface area contributed by atoms with E-state index in [4.69, 9.17) is 9.47 Å². The van der Waals surface area contributed by atoms with Gasteiger partial charge in [0.2, 0.25) is 0 Å². The molecule has 0 saturated carbocycles. The van der Waals surface area contributed by atoms with E-state index in [1.807, 2.05) is 36.4 Å². The number of hydrogen-bond acceptors (Lipinski definition) is 4. The van der Waals surface area contributed by atoms with E-state index in [0.29, 0.717) is 0 Å². The van der Waals surface area contributed by atoms with E-state index in [0.717, 1.165) is 56.8 Å². The second-order valence-electron chi connectivity index (χ2n) is 7.70. The fourth-order valence-electron chi connectivity index (χ4n) is 4.81. The molecule has 2 atom stereocenters. The lowest BCUT2D eigenvalue weighted by Crippen LogP contribution is -2.48. The van der Waals surface area contributed by atoms with Crippen molar-refractivity contribution in [2.24, 2.45) is 0 Å². The third-order valence-corrected chi connectivity index (χ3v) is 6.29. The molecule has 1 heterocycles. The highest BCUT2D eigenvalue weighted by molar-refractivity contribution is 5.44. The summed E-state index contributed by atoms with van der Waals surface area (Å²) in [5.41, 5.74) is 2.29. The Balaban J connectivity index is 1.32. The molecule has 2 aromatic carbocycles. The number of benzene rings is 2. The van der Waals surface area contributed by atoms with Crippen molar-refractivity contribution in [3.8, 4) is 5.75 Å². The highest BCUT2D eigenvalue weighted by atomic mass is 16.5. The van der Waals surface area contributed by atoms with Gasteiger partial charge in [-0.05, 0) is 55.6 Å². The summed E-state index contributed by atoms with van der Waals surface area (Å²) in [6, 6.07) is 18.4. The van der Waals surface area contributed by atoms with E-state index >= 15 is 0 Å². The molecule has 0 aromatic heterocycles. The number of para-hydroxylation sites is 1. The molecule has 144 valence electrons. The van der Waals surface area contributed by atoms with Gasteiger partial charge < -0.3 is 19.5 Å². The topological polar surface area (TPSA) is 41.9 Å². The molecule has 0 amide bonds. The molecule has 4 nitrogen and oxygen atoms in total. The molecule has 0 radical (unpaired) electrons. The van der Waals surface area contributed by atoms with Gasteiger partial charge in [0, 0.05) is 19.1 Å². The van der Waals surface area contributed by atoms with Gasteiger partial charge in [0.1, 0.15) is 11.9 Å². The van der Waals surface area contributed by atoms with Gasteiger partial charge >= 0.3 is 0 Å². The number of aliphatic hydroxyl groups excluding tert-OH is 1. The highest BCUT2D eigenvalue weighted by Crippen LogP contribution is 2.51. The number of rotatable bonds is 6. The van der Waals surface area contributed by atoms with E-state index in [-0.39, 0.29) is 11.5 Å². The van der Waals surface area contributed by atoms with Gasteiger partial charge in [-0.15, -0.1) is 0 Å². The van der Waals surface area contributed by atoms with Crippen molar-refractivity contribution in [3.63, 3.8) is 0 Å². The zero-order valence-electron chi connectivity index (χ0n) is 16.0. The molecule has 2 aromatic rings. The molecule has 1 aliphatic heterocycles. The van der Waals surface area contributed by atoms with Crippen LogP contribution in [-0.4, -0.2) is 49.5 Å². The maximum absolute atomic E-state index is 11.0. The van der Waals surface area contributed by atoms with Crippen LogP contribution in [0.5, 0.6) is 5.75 Å². The first kappa shape index (κ1) is 18.5. The largest absolute Gasteiger partial charge is 0.494 e. The zero-order valence-corrected chi connectivity index (χ0v) is 16.0. The number of hydrogen-bond donors (Lipinski definition) is 1. The van der Waals surface area contributed by atoms with Crippen LogP contribution in [0.1, 0.15) is 36.5 Å². The number of likely N-dealkylation sites (tertiary alicyclic amines) is 1. The Morgan fingerprint density at radius 1 is 1.04 bits per heavy atom. The first-order valence-corrected chi connectivity index (χ1v) is 9.95. The van der Waals surface area contributed by atoms with Crippen LogP contribution in [-0.2, 0) is 10.2 Å². The Labute approximate surface area is 161 Å². The first-order valence-electron chi connectivity index (χ1n) is 9.95. The number of piperidine rings is 1. The first-order chi connectivity index (χ1) is 13.2. The second-order valence-corrected chi connectivity index (χ2v) is 7.70. The minimum Gasteiger partial charge on any atom is -0.494 e. The minimum absolute atomic E-state index is 0.158. The fourth-order valence-corrected chi connectivity index (χ4v) is 4.81. The Hall–Kier alpha value is -1.88. The average Bonchev–Trinajstić information content (AvgIpc) is 2.95. The van der Waals surface area contributed by atoms with Crippen LogP contribution in [0.3, 0.4) is 0 Å². The smallest absolute Gasteiger partial charge is 0.119 e. The summed E-state index contributed by atoms with van der Waals surface area (Å²) in [6.45, 7) is 3.79. The van der Waals surface area contributed by atoms with Crippen LogP contribution < -0.4 is 4.74 Å². The number of nitrogens with zero attached hydrogens (tertiary/aromatic N) is 1. The molecule has 2 aliphatic rings. The summed E-state index contributed by atoms with van der Waals surface area (Å²) in [7, 11) is 1.70. The van der Waals surface area contributed by atoms with Gasteiger partial charge in [-0.3, -0.25) is 0 Å². The summed E-state index contributed by atoms with van der Waals surface area (Å²) in [4.78, 5) is 2.50. The van der Waals surface area contributed by atoms with E-state index in [1.165, 1.54) is 5.56 Å². The molecule has 1 spiro atoms. The molecule has 0 bridgehead atoms. The van der Waals surface area contributed by atoms with Crippen molar-refractivity contribution < 1.29 is 14.6 Å². The minimum atomic E-state index is -0.455. The maximum atomic E-state index is 11.0. The molecule has 4 heteroatoms. The van der Waals surface area contributed by atoms with Crippen molar-refractivity contribution in [2.75, 3.05) is 33.4 Å². The molecular formula is C23H29NO3. The molecule has 1 saturated heterocycles. The van der Waals surface area contributed by atoms with Gasteiger partial charge in [0.15, 0.2) is 0 Å². The molecule has 1 fully saturated rings. The van der Waals surface area contributed by atoms with Crippen LogP contribution in [0.15, 0.2) is 54.6 Å². The van der Waals surface area contributed by atoms with Gasteiger partial charge in [-0.2, -0.15) is 0 Å². The van der Waals surface area contributed by atoms with Gasteiger partial charge in [0.25, 0.3) is 0 Å². The third kappa shape index (κ3) is 3.49. The fraction of sp³-hybridized carbons (Fsp3) is 0.478. The van der Waals surface area contributed by atoms with Crippen LogP contribution >= 0.6 is 0 Å². The quantitative estimate of drug-likeness (QED) is 0.793. The lowest BCUT2D eigenvalue weighted by Gasteiger charge is -2.42. The van der Waals surface area contributed by atoms with Crippen LogP contribution in [0.4, 0.5) is 0 Å². The number of ether oxygens (including phenoxy) is 2. The Morgan fingerprint density at radius 2 is 1.74 bits per heavy atom. The standard InChI is InChI=1S/C23H29NO3/c1-26-21-19-10-5-6-11-20(19)23(22(21)25)12-15-24(16-13-23)14-7-17-27-18-8-3-2-4-9-18/h2-6,8-11,21-22,25H,7,12-17H2,1H3/t21-,22+/m1/s1. The molecular weight excluding hydrogens is 338 g/mol. The highest BCUT2D eigenvalue weighted by Gasteiger charge is 2.52. The van der Waals surface area contributed by atoms with Gasteiger partial charge in [-0.25, -0.2) is 0 Å². The third-order valence-electron chi connectivity index (χ3n) is 6.29. The predicted octanol–water partition coefficient (Wildman–Crippen LogP) is 3.55. The summed E-state index contributed by atoms with van der Waals surface area (Å²) in [6.07, 6.45) is 2.31. The van der Waals surface area contributed by atoms with Crippen molar-refractivity contribution in [1.29, 1.82) is 0 Å². The van der Waals surface area contributed by atoms with E-state index in [1.54, 1.807) is 7.11 Å². The normalized spacial score (nSPS) is 24.1. The predicted molar refractivity (Wildman–Crippen MR) is 106 cm³/mol. The van der Waals surface area contributed by atoms with Crippen LogP contribution in [0, 0.1) is 0 Å². The SMILES string of the molecule is CO[C@@H]1c2ccccc2C2(CCN(CCCOc3ccccc3)CC2)[C@H]1O. The molecule has 0 unspecified atom stereocenters. The van der Waals surface area contributed by atoms with Crippen LogP contribution in [0.2, 0.25) is 0 Å². The number of aliphatic hydroxyl groups is 1. The maximum Gasteiger partial charge on any atom is 0.119 e. The van der Waals surface area contributed by atoms with Crippen molar-refractivity contribution in [2.45, 2.75) is 36.9 Å². The van der Waals surface area contributed by atoms with E-state index < -0.39 is 6.10 Å². The summed E-state index contributed by atoms with van der Waals surface area (Å²) >= 11 is 0. The molecule has 1 aliphatic carbocycles. The summed E-state index contributed by atoms with van der Waals surface area (Å²) in [5, 5.41) is 11.0. The molecule has 27 heavy (non-hydrogen) atoms. The summed E-state index contributed by atoms with van der Waals surface area (Å²) < 4.78 is 11.4. The van der Waals surface area contributed by atoms with Crippen LogP contribution in [0.25, 0.3) is 0 Å². The zero-order chi connectivity index (χ0) is 18.7. The van der Waals surface area contributed by atoms with E-state index in [2.05, 4.69) is 23.1 Å². The number of fused-ring (bicyclic) bond motifs is 2. The second kappa shape index (κ2) is 8.01. The molecule has 1 N–H and O–H groups in total. The lowest BCUT2D eigenvalue weighted by atomic mass is 9.72. The monoisotopic (exact) mass is 367 g/mol. The number of methoxy groups -OCH3 is 1. The Morgan fingerprint density at radius 3 is 2.48 bits per heavy atom. The Kier molecular flexibility index (Phi) is 5.48. The van der Waals surface area contributed by atoms with Crippen molar-refractivity contribution >= 4 is 0 Å². The molecule has 4 rings (SSSR count). The average molecular weight is 367 g/mol. The van der Waals surface area contributed by atoms with Gasteiger partial charge in [-0.1, -0.05) is 42.5 Å². The lowest BCUT2D eigenvalue weighted by molar-refractivity contribution is -0.0547.